The minimum Gasteiger partial charge on any atom is -0.490 e. The summed E-state index contributed by atoms with van der Waals surface area (Å²) >= 11 is 1.49. The molecular formula is C22H19F3OS. The highest BCUT2D eigenvalue weighted by atomic mass is 32.1. The average Bonchev–Trinajstić information content (AvgIpc) is 3.03. The van der Waals surface area contributed by atoms with Gasteiger partial charge in [-0.15, -0.1) is 11.3 Å². The summed E-state index contributed by atoms with van der Waals surface area (Å²) in [6.45, 7) is 2.35. The Bertz CT molecular complexity index is 976. The van der Waals surface area contributed by atoms with Crippen LogP contribution in [-0.2, 0) is 0 Å². The van der Waals surface area contributed by atoms with E-state index in [9.17, 15) is 13.2 Å². The van der Waals surface area contributed by atoms with E-state index in [0.717, 1.165) is 29.0 Å². The van der Waals surface area contributed by atoms with Crippen molar-refractivity contribution in [3.05, 3.63) is 64.8 Å². The predicted molar refractivity (Wildman–Crippen MR) is 103 cm³/mol. The molecule has 3 aromatic rings. The summed E-state index contributed by atoms with van der Waals surface area (Å²) in [6.07, 6.45) is 3.30. The number of hydrogen-bond donors (Lipinski definition) is 0. The van der Waals surface area contributed by atoms with Gasteiger partial charge in [0, 0.05) is 20.9 Å². The molecular weight excluding hydrogens is 369 g/mol. The fraction of sp³-hybridized carbons (Fsp3) is 0.273. The van der Waals surface area contributed by atoms with E-state index < -0.39 is 17.5 Å². The highest BCUT2D eigenvalue weighted by molar-refractivity contribution is 7.15. The number of rotatable bonds is 5. The summed E-state index contributed by atoms with van der Waals surface area (Å²) in [6, 6.07) is 11.1. The van der Waals surface area contributed by atoms with Gasteiger partial charge in [0.05, 0.1) is 6.61 Å². The van der Waals surface area contributed by atoms with Crippen LogP contribution in [0.4, 0.5) is 13.2 Å². The molecule has 2 aromatic carbocycles. The second kappa shape index (κ2) is 7.39. The Hall–Kier alpha value is -2.27. The topological polar surface area (TPSA) is 9.23 Å². The number of thiophene rings is 1. The molecule has 1 nitrogen and oxygen atoms in total. The fourth-order valence-electron chi connectivity index (χ4n) is 3.20. The van der Waals surface area contributed by atoms with Crippen LogP contribution in [0.1, 0.15) is 24.1 Å². The lowest BCUT2D eigenvalue weighted by Gasteiger charge is -2.25. The summed E-state index contributed by atoms with van der Waals surface area (Å²) in [5.41, 5.74) is 0.779. The van der Waals surface area contributed by atoms with Crippen molar-refractivity contribution in [2.45, 2.75) is 26.2 Å². The highest BCUT2D eigenvalue weighted by Crippen LogP contribution is 2.35. The largest absolute Gasteiger partial charge is 0.490 e. The Morgan fingerprint density at radius 1 is 0.963 bits per heavy atom. The molecule has 1 fully saturated rings. The van der Waals surface area contributed by atoms with Crippen LogP contribution in [0.25, 0.3) is 21.6 Å². The Balaban J connectivity index is 1.60. The normalized spacial score (nSPS) is 14.2. The van der Waals surface area contributed by atoms with Gasteiger partial charge in [-0.3, -0.25) is 0 Å². The number of halogens is 3. The van der Waals surface area contributed by atoms with E-state index in [1.807, 2.05) is 19.1 Å². The second-order valence-corrected chi connectivity index (χ2v) is 8.24. The third-order valence-electron chi connectivity index (χ3n) is 5.03. The lowest BCUT2D eigenvalue weighted by molar-refractivity contribution is 0.174. The molecule has 1 aliphatic carbocycles. The van der Waals surface area contributed by atoms with E-state index in [4.69, 9.17) is 4.74 Å². The maximum atomic E-state index is 14.6. The van der Waals surface area contributed by atoms with Gasteiger partial charge in [-0.05, 0) is 67.6 Å². The van der Waals surface area contributed by atoms with E-state index >= 15 is 0 Å². The van der Waals surface area contributed by atoms with Crippen molar-refractivity contribution in [2.24, 2.45) is 5.92 Å². The molecule has 0 saturated heterocycles. The quantitative estimate of drug-likeness (QED) is 0.458. The van der Waals surface area contributed by atoms with Gasteiger partial charge in [0.1, 0.15) is 5.82 Å². The number of benzene rings is 2. The smallest absolute Gasteiger partial charge is 0.201 e. The lowest BCUT2D eigenvalue weighted by Crippen LogP contribution is -2.19. The molecule has 27 heavy (non-hydrogen) atoms. The Kier molecular flexibility index (Phi) is 4.96. The molecule has 0 radical (unpaired) electrons. The monoisotopic (exact) mass is 388 g/mol. The van der Waals surface area contributed by atoms with Crippen molar-refractivity contribution in [3.63, 3.8) is 0 Å². The van der Waals surface area contributed by atoms with Gasteiger partial charge in [-0.25, -0.2) is 8.78 Å². The van der Waals surface area contributed by atoms with Crippen LogP contribution >= 0.6 is 11.3 Å². The number of aryl methyl sites for hydroxylation is 1. The van der Waals surface area contributed by atoms with Crippen LogP contribution in [0, 0.1) is 30.3 Å². The zero-order chi connectivity index (χ0) is 19.0. The first-order chi connectivity index (χ1) is 13.0. The van der Waals surface area contributed by atoms with Crippen molar-refractivity contribution in [3.8, 4) is 27.3 Å². The Labute approximate surface area is 160 Å². The molecule has 1 aliphatic rings. The van der Waals surface area contributed by atoms with E-state index in [0.29, 0.717) is 23.7 Å². The van der Waals surface area contributed by atoms with Crippen molar-refractivity contribution in [1.82, 2.24) is 0 Å². The SMILES string of the molecule is Cc1ccc(-c2ccc(-c3ccc(OCC4CCC4)c(F)c3F)cc2F)s1. The van der Waals surface area contributed by atoms with Crippen LogP contribution in [0.2, 0.25) is 0 Å². The molecule has 0 aliphatic heterocycles. The fourth-order valence-corrected chi connectivity index (χ4v) is 4.09. The van der Waals surface area contributed by atoms with Gasteiger partial charge >= 0.3 is 0 Å². The van der Waals surface area contributed by atoms with Gasteiger partial charge in [-0.1, -0.05) is 12.5 Å². The third-order valence-corrected chi connectivity index (χ3v) is 6.07. The predicted octanol–water partition coefficient (Wildman–Crippen LogP) is 6.99. The summed E-state index contributed by atoms with van der Waals surface area (Å²) < 4.78 is 48.9. The molecule has 0 unspecified atom stereocenters. The second-order valence-electron chi connectivity index (χ2n) is 6.95. The van der Waals surface area contributed by atoms with Crippen LogP contribution in [-0.4, -0.2) is 6.61 Å². The molecule has 1 aromatic heterocycles. The zero-order valence-corrected chi connectivity index (χ0v) is 15.7. The summed E-state index contributed by atoms with van der Waals surface area (Å²) in [7, 11) is 0. The Morgan fingerprint density at radius 2 is 1.74 bits per heavy atom. The molecule has 0 bridgehead atoms. The van der Waals surface area contributed by atoms with Gasteiger partial charge in [-0.2, -0.15) is 4.39 Å². The lowest BCUT2D eigenvalue weighted by atomic mass is 9.86. The molecule has 1 heterocycles. The van der Waals surface area contributed by atoms with Crippen LogP contribution in [0.3, 0.4) is 0 Å². The number of hydrogen-bond acceptors (Lipinski definition) is 2. The van der Waals surface area contributed by atoms with Gasteiger partial charge in [0.2, 0.25) is 5.82 Å². The minimum absolute atomic E-state index is 0.0244. The molecule has 5 heteroatoms. The van der Waals surface area contributed by atoms with Crippen LogP contribution in [0.5, 0.6) is 5.75 Å². The van der Waals surface area contributed by atoms with Crippen molar-refractivity contribution in [1.29, 1.82) is 0 Å². The molecule has 4 rings (SSSR count). The minimum atomic E-state index is -1.02. The van der Waals surface area contributed by atoms with E-state index in [1.54, 1.807) is 12.1 Å². The zero-order valence-electron chi connectivity index (χ0n) is 14.9. The first-order valence-electron chi connectivity index (χ1n) is 9.00. The first kappa shape index (κ1) is 18.1. The van der Waals surface area contributed by atoms with E-state index in [-0.39, 0.29) is 11.3 Å². The van der Waals surface area contributed by atoms with Gasteiger partial charge in [0.25, 0.3) is 0 Å². The number of ether oxygens (including phenoxy) is 1. The van der Waals surface area contributed by atoms with Crippen molar-refractivity contribution >= 4 is 11.3 Å². The molecule has 0 N–H and O–H groups in total. The van der Waals surface area contributed by atoms with Crippen molar-refractivity contribution < 1.29 is 17.9 Å². The van der Waals surface area contributed by atoms with E-state index in [1.165, 1.54) is 29.5 Å². The molecule has 1 saturated carbocycles. The molecule has 0 spiro atoms. The average molecular weight is 388 g/mol. The van der Waals surface area contributed by atoms with Crippen LogP contribution in [0.15, 0.2) is 42.5 Å². The van der Waals surface area contributed by atoms with E-state index in [2.05, 4.69) is 0 Å². The summed E-state index contributed by atoms with van der Waals surface area (Å²) in [4.78, 5) is 1.89. The molecule has 140 valence electrons. The first-order valence-corrected chi connectivity index (χ1v) is 9.82. The standard InChI is InChI=1S/C22H19F3OS/c1-13-5-10-20(27-13)17-7-6-15(11-18(17)23)16-8-9-19(22(25)21(16)24)26-12-14-3-2-4-14/h5-11,14H,2-4,12H2,1H3. The maximum Gasteiger partial charge on any atom is 0.201 e. The third kappa shape index (κ3) is 3.61. The van der Waals surface area contributed by atoms with Crippen molar-refractivity contribution in [2.75, 3.05) is 6.61 Å². The van der Waals surface area contributed by atoms with Crippen LogP contribution < -0.4 is 4.74 Å². The summed E-state index contributed by atoms with van der Waals surface area (Å²) in [5.74, 6) is -2.16. The van der Waals surface area contributed by atoms with Gasteiger partial charge < -0.3 is 4.74 Å². The molecule has 0 atom stereocenters. The molecule has 0 amide bonds. The maximum absolute atomic E-state index is 14.6. The highest BCUT2D eigenvalue weighted by Gasteiger charge is 2.21. The summed E-state index contributed by atoms with van der Waals surface area (Å²) in [5, 5.41) is 0. The van der Waals surface area contributed by atoms with Gasteiger partial charge in [0.15, 0.2) is 11.6 Å². The Morgan fingerprint density at radius 3 is 2.37 bits per heavy atom.